The first-order chi connectivity index (χ1) is 5.06. The molecule has 64 valence electrons. The predicted octanol–water partition coefficient (Wildman–Crippen LogP) is -0.719. The molecule has 1 atom stereocenters. The fraction of sp³-hybridized carbons (Fsp3) is 0.500. The normalized spacial score (nSPS) is 11.8. The summed E-state index contributed by atoms with van der Waals surface area (Å²) in [6, 6.07) is 0. The Balaban J connectivity index is 3.79. The molecule has 0 bridgehead atoms. The SMILES string of the molecule is COC(C)OC(=O)C=C(N)N. The van der Waals surface area contributed by atoms with Crippen LogP contribution in [0.4, 0.5) is 0 Å². The quantitative estimate of drug-likeness (QED) is 0.323. The van der Waals surface area contributed by atoms with Gasteiger partial charge in [0.05, 0.1) is 6.08 Å². The molecule has 5 heteroatoms. The summed E-state index contributed by atoms with van der Waals surface area (Å²) >= 11 is 0. The van der Waals surface area contributed by atoms with Crippen molar-refractivity contribution in [2.45, 2.75) is 13.2 Å². The van der Waals surface area contributed by atoms with Crippen molar-refractivity contribution in [2.24, 2.45) is 11.5 Å². The highest BCUT2D eigenvalue weighted by Gasteiger charge is 2.04. The van der Waals surface area contributed by atoms with E-state index in [0.717, 1.165) is 6.08 Å². The van der Waals surface area contributed by atoms with Gasteiger partial charge in [-0.1, -0.05) is 0 Å². The van der Waals surface area contributed by atoms with Gasteiger partial charge in [-0.25, -0.2) is 4.79 Å². The Labute approximate surface area is 64.9 Å². The van der Waals surface area contributed by atoms with Crippen LogP contribution in [0.2, 0.25) is 0 Å². The Morgan fingerprint density at radius 3 is 2.45 bits per heavy atom. The van der Waals surface area contributed by atoms with Crippen molar-refractivity contribution in [3.63, 3.8) is 0 Å². The summed E-state index contributed by atoms with van der Waals surface area (Å²) in [4.78, 5) is 10.7. The number of rotatable bonds is 3. The average Bonchev–Trinajstić information content (AvgIpc) is 1.85. The minimum absolute atomic E-state index is 0.0849. The molecule has 4 N–H and O–H groups in total. The number of hydrogen-bond donors (Lipinski definition) is 2. The number of esters is 1. The van der Waals surface area contributed by atoms with Crippen LogP contribution in [0.3, 0.4) is 0 Å². The second kappa shape index (κ2) is 4.56. The maximum Gasteiger partial charge on any atom is 0.336 e. The maximum absolute atomic E-state index is 10.7. The molecule has 0 aliphatic heterocycles. The fourth-order valence-corrected chi connectivity index (χ4v) is 0.382. The van der Waals surface area contributed by atoms with Crippen molar-refractivity contribution in [3.05, 3.63) is 11.9 Å². The van der Waals surface area contributed by atoms with Gasteiger partial charge in [0, 0.05) is 7.11 Å². The van der Waals surface area contributed by atoms with Gasteiger partial charge in [-0.2, -0.15) is 0 Å². The Bertz CT molecular complexity index is 163. The van der Waals surface area contributed by atoms with Crippen LogP contribution in [0.15, 0.2) is 11.9 Å². The molecule has 0 aliphatic rings. The molecule has 11 heavy (non-hydrogen) atoms. The van der Waals surface area contributed by atoms with E-state index in [1.807, 2.05) is 0 Å². The summed E-state index contributed by atoms with van der Waals surface area (Å²) in [6.45, 7) is 1.58. The first-order valence-corrected chi connectivity index (χ1v) is 3.02. The zero-order chi connectivity index (χ0) is 8.85. The Morgan fingerprint density at radius 1 is 1.55 bits per heavy atom. The largest absolute Gasteiger partial charge is 0.433 e. The molecule has 0 aromatic carbocycles. The number of carbonyl (C=O) groups is 1. The van der Waals surface area contributed by atoms with Crippen LogP contribution in [0.25, 0.3) is 0 Å². The third-order valence-corrected chi connectivity index (χ3v) is 0.899. The number of carbonyl (C=O) groups excluding carboxylic acids is 1. The van der Waals surface area contributed by atoms with E-state index in [1.165, 1.54) is 7.11 Å². The maximum atomic E-state index is 10.7. The molecule has 0 aromatic rings. The highest BCUT2D eigenvalue weighted by molar-refractivity contribution is 5.82. The number of ether oxygens (including phenoxy) is 2. The molecule has 0 fully saturated rings. The van der Waals surface area contributed by atoms with Gasteiger partial charge < -0.3 is 20.9 Å². The van der Waals surface area contributed by atoms with Crippen LogP contribution in [0.5, 0.6) is 0 Å². The van der Waals surface area contributed by atoms with Crippen molar-refractivity contribution in [1.82, 2.24) is 0 Å². The van der Waals surface area contributed by atoms with Gasteiger partial charge in [0.1, 0.15) is 5.82 Å². The molecule has 0 aromatic heterocycles. The predicted molar refractivity (Wildman–Crippen MR) is 39.0 cm³/mol. The molecule has 0 heterocycles. The Kier molecular flexibility index (Phi) is 4.05. The zero-order valence-corrected chi connectivity index (χ0v) is 6.53. The van der Waals surface area contributed by atoms with Crippen LogP contribution >= 0.6 is 0 Å². The summed E-state index contributed by atoms with van der Waals surface area (Å²) in [6.07, 6.45) is 0.397. The Morgan fingerprint density at radius 2 is 2.09 bits per heavy atom. The van der Waals surface area contributed by atoms with E-state index in [4.69, 9.17) is 11.5 Å². The summed E-state index contributed by atoms with van der Waals surface area (Å²) in [5.74, 6) is -0.697. The van der Waals surface area contributed by atoms with E-state index < -0.39 is 12.3 Å². The summed E-state index contributed by atoms with van der Waals surface area (Å²) < 4.78 is 9.26. The van der Waals surface area contributed by atoms with E-state index in [-0.39, 0.29) is 5.82 Å². The number of methoxy groups -OCH3 is 1. The molecule has 0 aliphatic carbocycles. The summed E-state index contributed by atoms with van der Waals surface area (Å²) in [5.41, 5.74) is 10.0. The second-order valence-corrected chi connectivity index (χ2v) is 1.88. The van der Waals surface area contributed by atoms with Gasteiger partial charge in [0.25, 0.3) is 0 Å². The van der Waals surface area contributed by atoms with Crippen molar-refractivity contribution >= 4 is 5.97 Å². The van der Waals surface area contributed by atoms with Crippen molar-refractivity contribution in [2.75, 3.05) is 7.11 Å². The third-order valence-electron chi connectivity index (χ3n) is 0.899. The van der Waals surface area contributed by atoms with E-state index >= 15 is 0 Å². The van der Waals surface area contributed by atoms with E-state index in [2.05, 4.69) is 9.47 Å². The lowest BCUT2D eigenvalue weighted by Crippen LogP contribution is -2.17. The smallest absolute Gasteiger partial charge is 0.336 e. The average molecular weight is 160 g/mol. The summed E-state index contributed by atoms with van der Waals surface area (Å²) in [5, 5.41) is 0. The molecule has 1 unspecified atom stereocenters. The van der Waals surface area contributed by atoms with Crippen molar-refractivity contribution in [3.8, 4) is 0 Å². The van der Waals surface area contributed by atoms with Gasteiger partial charge in [0.2, 0.25) is 0 Å². The van der Waals surface area contributed by atoms with Crippen molar-refractivity contribution in [1.29, 1.82) is 0 Å². The van der Waals surface area contributed by atoms with Crippen LogP contribution in [-0.4, -0.2) is 19.4 Å². The summed E-state index contributed by atoms with van der Waals surface area (Å²) in [7, 11) is 1.42. The minimum atomic E-state index is -0.612. The van der Waals surface area contributed by atoms with Crippen LogP contribution in [-0.2, 0) is 14.3 Å². The molecule has 0 spiro atoms. The first-order valence-electron chi connectivity index (χ1n) is 3.02. The van der Waals surface area contributed by atoms with Crippen LogP contribution in [0, 0.1) is 0 Å². The van der Waals surface area contributed by atoms with Gasteiger partial charge in [-0.15, -0.1) is 0 Å². The van der Waals surface area contributed by atoms with Crippen molar-refractivity contribution < 1.29 is 14.3 Å². The lowest BCUT2D eigenvalue weighted by atomic mass is 10.5. The molecule has 0 amide bonds. The van der Waals surface area contributed by atoms with E-state index in [9.17, 15) is 4.79 Å². The molecule has 0 rings (SSSR count). The van der Waals surface area contributed by atoms with E-state index in [0.29, 0.717) is 0 Å². The highest BCUT2D eigenvalue weighted by atomic mass is 16.7. The zero-order valence-electron chi connectivity index (χ0n) is 6.53. The monoisotopic (exact) mass is 160 g/mol. The Hall–Kier alpha value is -1.23. The molecule has 0 saturated heterocycles. The fourth-order valence-electron chi connectivity index (χ4n) is 0.382. The van der Waals surface area contributed by atoms with Crippen LogP contribution in [0.1, 0.15) is 6.92 Å². The molecular formula is C6H12N2O3. The molecule has 0 saturated carbocycles. The lowest BCUT2D eigenvalue weighted by molar-refractivity contribution is -0.163. The minimum Gasteiger partial charge on any atom is -0.433 e. The van der Waals surface area contributed by atoms with Gasteiger partial charge >= 0.3 is 5.97 Å². The van der Waals surface area contributed by atoms with Crippen LogP contribution < -0.4 is 11.5 Å². The molecular weight excluding hydrogens is 148 g/mol. The number of nitrogens with two attached hydrogens (primary N) is 2. The number of hydrogen-bond acceptors (Lipinski definition) is 5. The lowest BCUT2D eigenvalue weighted by Gasteiger charge is -2.08. The van der Waals surface area contributed by atoms with Gasteiger partial charge in [0.15, 0.2) is 6.29 Å². The molecule has 0 radical (unpaired) electrons. The van der Waals surface area contributed by atoms with E-state index in [1.54, 1.807) is 6.92 Å². The first kappa shape index (κ1) is 9.77. The second-order valence-electron chi connectivity index (χ2n) is 1.88. The standard InChI is InChI=1S/C6H12N2O3/c1-4(10-2)11-6(9)3-5(7)8/h3-4H,7-8H2,1-2H3. The highest BCUT2D eigenvalue weighted by Crippen LogP contribution is 1.92. The van der Waals surface area contributed by atoms with Gasteiger partial charge in [-0.3, -0.25) is 0 Å². The third kappa shape index (κ3) is 5.23. The van der Waals surface area contributed by atoms with Gasteiger partial charge in [-0.05, 0) is 6.92 Å². The topological polar surface area (TPSA) is 87.6 Å². The molecule has 5 nitrogen and oxygen atoms in total.